The van der Waals surface area contributed by atoms with E-state index in [1.165, 1.54) is 45.2 Å². The fourth-order valence-electron chi connectivity index (χ4n) is 6.35. The predicted molar refractivity (Wildman–Crippen MR) is 157 cm³/mol. The first-order valence-electron chi connectivity index (χ1n) is 15.0. The van der Waals surface area contributed by atoms with Crippen LogP contribution in [0.5, 0.6) is 5.75 Å². The summed E-state index contributed by atoms with van der Waals surface area (Å²) in [5.41, 5.74) is 2.55. The Bertz CT molecular complexity index is 1250. The topological polar surface area (TPSA) is 63.6 Å². The van der Waals surface area contributed by atoms with Crippen molar-refractivity contribution in [1.29, 1.82) is 0 Å². The lowest BCUT2D eigenvalue weighted by Gasteiger charge is -2.22. The van der Waals surface area contributed by atoms with Gasteiger partial charge in [-0.05, 0) is 88.5 Å². The van der Waals surface area contributed by atoms with Gasteiger partial charge >= 0.3 is 0 Å². The molecule has 1 aliphatic heterocycles. The SMILES string of the molecule is COc1ccc(C(=O)c2c(C(=O)NC3CCCCCCC3)n(CCCCN3CCCC3)c3ccccc23)cc1. The van der Waals surface area contributed by atoms with Crippen molar-refractivity contribution in [3.8, 4) is 5.75 Å². The largest absolute Gasteiger partial charge is 0.497 e. The second-order valence-electron chi connectivity index (χ2n) is 11.2. The van der Waals surface area contributed by atoms with E-state index in [1.54, 1.807) is 31.4 Å². The number of benzene rings is 2. The normalized spacial score (nSPS) is 17.2. The first-order valence-corrected chi connectivity index (χ1v) is 15.0. The number of likely N-dealkylation sites (tertiary alicyclic amines) is 1. The summed E-state index contributed by atoms with van der Waals surface area (Å²) in [6.45, 7) is 4.21. The number of carbonyl (C=O) groups is 2. The number of aryl methyl sites for hydroxylation is 1. The first kappa shape index (κ1) is 27.4. The predicted octanol–water partition coefficient (Wildman–Crippen LogP) is 6.60. The number of ether oxygens (including phenoxy) is 1. The highest BCUT2D eigenvalue weighted by Gasteiger charge is 2.29. The molecule has 1 amide bonds. The van der Waals surface area contributed by atoms with Crippen LogP contribution in [0.3, 0.4) is 0 Å². The molecule has 0 atom stereocenters. The van der Waals surface area contributed by atoms with Gasteiger partial charge in [-0.3, -0.25) is 9.59 Å². The molecule has 208 valence electrons. The molecule has 2 fully saturated rings. The van der Waals surface area contributed by atoms with E-state index in [-0.39, 0.29) is 17.7 Å². The van der Waals surface area contributed by atoms with Crippen LogP contribution in [-0.4, -0.2) is 53.9 Å². The summed E-state index contributed by atoms with van der Waals surface area (Å²) < 4.78 is 7.42. The number of unbranched alkanes of at least 4 members (excludes halogenated alkanes) is 1. The van der Waals surface area contributed by atoms with Gasteiger partial charge in [-0.25, -0.2) is 0 Å². The molecular weight excluding hydrogens is 486 g/mol. The molecule has 0 spiro atoms. The van der Waals surface area contributed by atoms with Crippen molar-refractivity contribution >= 4 is 22.6 Å². The molecule has 5 rings (SSSR count). The summed E-state index contributed by atoms with van der Waals surface area (Å²) in [6, 6.07) is 15.3. The molecule has 0 radical (unpaired) electrons. The summed E-state index contributed by atoms with van der Waals surface area (Å²) >= 11 is 0. The number of nitrogens with zero attached hydrogens (tertiary/aromatic N) is 2. The number of nitrogens with one attached hydrogen (secondary N) is 1. The molecule has 1 N–H and O–H groups in total. The molecule has 1 aliphatic carbocycles. The van der Waals surface area contributed by atoms with Gasteiger partial charge in [0.15, 0.2) is 5.78 Å². The summed E-state index contributed by atoms with van der Waals surface area (Å²) in [6.07, 6.45) is 12.7. The van der Waals surface area contributed by atoms with Gasteiger partial charge in [0, 0.05) is 29.1 Å². The Labute approximate surface area is 232 Å². The van der Waals surface area contributed by atoms with Gasteiger partial charge in [0.2, 0.25) is 0 Å². The maximum Gasteiger partial charge on any atom is 0.268 e. The number of amides is 1. The maximum absolute atomic E-state index is 14.1. The van der Waals surface area contributed by atoms with E-state index in [4.69, 9.17) is 4.74 Å². The molecule has 1 aromatic heterocycles. The number of ketones is 1. The highest BCUT2D eigenvalue weighted by Crippen LogP contribution is 2.30. The van der Waals surface area contributed by atoms with E-state index < -0.39 is 0 Å². The van der Waals surface area contributed by atoms with Crippen molar-refractivity contribution in [2.75, 3.05) is 26.7 Å². The number of hydrogen-bond donors (Lipinski definition) is 1. The summed E-state index contributed by atoms with van der Waals surface area (Å²) in [5.74, 6) is 0.467. The smallest absolute Gasteiger partial charge is 0.268 e. The maximum atomic E-state index is 14.1. The van der Waals surface area contributed by atoms with E-state index >= 15 is 0 Å². The van der Waals surface area contributed by atoms with Crippen LogP contribution in [0.2, 0.25) is 0 Å². The van der Waals surface area contributed by atoms with Crippen LogP contribution in [-0.2, 0) is 6.54 Å². The molecule has 3 aromatic rings. The van der Waals surface area contributed by atoms with Gasteiger partial charge in [-0.2, -0.15) is 0 Å². The van der Waals surface area contributed by atoms with E-state index in [0.29, 0.717) is 22.6 Å². The minimum absolute atomic E-state index is 0.117. The molecule has 2 aromatic carbocycles. The molecule has 1 saturated heterocycles. The Kier molecular flexibility index (Phi) is 9.36. The second-order valence-corrected chi connectivity index (χ2v) is 11.2. The first-order chi connectivity index (χ1) is 19.2. The average Bonchev–Trinajstić information content (AvgIpc) is 3.58. The Hall–Kier alpha value is -3.12. The Morgan fingerprint density at radius 3 is 2.23 bits per heavy atom. The lowest BCUT2D eigenvalue weighted by Crippen LogP contribution is -2.37. The van der Waals surface area contributed by atoms with Crippen LogP contribution in [0, 0.1) is 0 Å². The zero-order valence-electron chi connectivity index (χ0n) is 23.4. The molecule has 0 unspecified atom stereocenters. The van der Waals surface area contributed by atoms with Gasteiger partial charge in [-0.15, -0.1) is 0 Å². The van der Waals surface area contributed by atoms with Crippen molar-refractivity contribution in [3.05, 3.63) is 65.4 Å². The molecule has 6 nitrogen and oxygen atoms in total. The van der Waals surface area contributed by atoms with Crippen molar-refractivity contribution in [2.24, 2.45) is 0 Å². The highest BCUT2D eigenvalue weighted by atomic mass is 16.5. The molecule has 2 aliphatic rings. The second kappa shape index (κ2) is 13.3. The van der Waals surface area contributed by atoms with Gasteiger partial charge < -0.3 is 19.5 Å². The van der Waals surface area contributed by atoms with Crippen LogP contribution in [0.25, 0.3) is 10.9 Å². The standard InChI is InChI=1S/C33H43N3O3/c1-39-27-19-17-25(18-20-27)32(37)30-28-15-7-8-16-29(28)36(24-12-11-23-35-21-9-10-22-35)31(30)33(38)34-26-13-5-3-2-4-6-14-26/h7-8,15-20,26H,2-6,9-14,21-24H2,1H3,(H,34,38). The molecule has 39 heavy (non-hydrogen) atoms. The van der Waals surface area contributed by atoms with Crippen LogP contribution in [0.1, 0.15) is 97.0 Å². The molecule has 0 bridgehead atoms. The number of fused-ring (bicyclic) bond motifs is 1. The van der Waals surface area contributed by atoms with Crippen molar-refractivity contribution < 1.29 is 14.3 Å². The Balaban J connectivity index is 1.48. The van der Waals surface area contributed by atoms with Crippen molar-refractivity contribution in [3.63, 3.8) is 0 Å². The molecule has 1 saturated carbocycles. The zero-order valence-corrected chi connectivity index (χ0v) is 23.4. The number of carbonyl (C=O) groups excluding carboxylic acids is 2. The summed E-state index contributed by atoms with van der Waals surface area (Å²) in [7, 11) is 1.62. The van der Waals surface area contributed by atoms with Gasteiger partial charge in [-0.1, -0.05) is 50.3 Å². The highest BCUT2D eigenvalue weighted by molar-refractivity contribution is 6.22. The van der Waals surface area contributed by atoms with E-state index in [9.17, 15) is 9.59 Å². The Morgan fingerprint density at radius 1 is 0.846 bits per heavy atom. The van der Waals surface area contributed by atoms with Crippen LogP contribution in [0.15, 0.2) is 48.5 Å². The minimum Gasteiger partial charge on any atom is -0.497 e. The van der Waals surface area contributed by atoms with Crippen LogP contribution >= 0.6 is 0 Å². The fourth-order valence-corrected chi connectivity index (χ4v) is 6.35. The van der Waals surface area contributed by atoms with E-state index in [0.717, 1.165) is 62.5 Å². The quantitative estimate of drug-likeness (QED) is 0.237. The van der Waals surface area contributed by atoms with Gasteiger partial charge in [0.1, 0.15) is 11.4 Å². The third-order valence-electron chi connectivity index (χ3n) is 8.51. The van der Waals surface area contributed by atoms with E-state index in [2.05, 4.69) is 14.8 Å². The summed E-state index contributed by atoms with van der Waals surface area (Å²) in [4.78, 5) is 30.7. The summed E-state index contributed by atoms with van der Waals surface area (Å²) in [5, 5.41) is 4.21. The van der Waals surface area contributed by atoms with Crippen LogP contribution < -0.4 is 10.1 Å². The molecule has 6 heteroatoms. The number of methoxy groups -OCH3 is 1. The number of para-hydroxylation sites is 1. The van der Waals surface area contributed by atoms with Gasteiger partial charge in [0.05, 0.1) is 12.7 Å². The van der Waals surface area contributed by atoms with Crippen molar-refractivity contribution in [1.82, 2.24) is 14.8 Å². The third kappa shape index (κ3) is 6.55. The average molecular weight is 530 g/mol. The molecular formula is C33H43N3O3. The number of hydrogen-bond acceptors (Lipinski definition) is 4. The van der Waals surface area contributed by atoms with Crippen molar-refractivity contribution in [2.45, 2.75) is 83.2 Å². The lowest BCUT2D eigenvalue weighted by atomic mass is 9.96. The minimum atomic E-state index is -0.118. The molecule has 2 heterocycles. The van der Waals surface area contributed by atoms with Gasteiger partial charge in [0.25, 0.3) is 5.91 Å². The Morgan fingerprint density at radius 2 is 1.51 bits per heavy atom. The van der Waals surface area contributed by atoms with Crippen LogP contribution in [0.4, 0.5) is 0 Å². The zero-order chi connectivity index (χ0) is 27.0. The number of rotatable bonds is 10. The third-order valence-corrected chi connectivity index (χ3v) is 8.51. The fraction of sp³-hybridized carbons (Fsp3) is 0.515. The lowest BCUT2D eigenvalue weighted by molar-refractivity contribution is 0.0911. The monoisotopic (exact) mass is 529 g/mol. The van der Waals surface area contributed by atoms with E-state index in [1.807, 2.05) is 24.3 Å². The number of aromatic nitrogens is 1.